The Labute approximate surface area is 171 Å². The Morgan fingerprint density at radius 2 is 2.17 bits per heavy atom. The summed E-state index contributed by atoms with van der Waals surface area (Å²) in [6, 6.07) is 1.18. The van der Waals surface area contributed by atoms with Crippen molar-refractivity contribution in [2.24, 2.45) is 5.73 Å². The molecule has 0 amide bonds. The Bertz CT molecular complexity index is 1110. The molecule has 7 nitrogen and oxygen atoms in total. The predicted octanol–water partition coefficient (Wildman–Crippen LogP) is 2.84. The van der Waals surface area contributed by atoms with Crippen molar-refractivity contribution in [1.82, 2.24) is 4.57 Å². The molecule has 1 aliphatic heterocycles. The number of hydrogen-bond donors (Lipinski definition) is 2. The van der Waals surface area contributed by atoms with Crippen molar-refractivity contribution in [3.8, 4) is 5.75 Å². The van der Waals surface area contributed by atoms with Gasteiger partial charge in [0.05, 0.1) is 18.0 Å². The highest BCUT2D eigenvalue weighted by molar-refractivity contribution is 6.30. The van der Waals surface area contributed by atoms with Crippen LogP contribution in [-0.4, -0.2) is 42.4 Å². The lowest BCUT2D eigenvalue weighted by Crippen LogP contribution is -2.23. The van der Waals surface area contributed by atoms with E-state index in [4.69, 9.17) is 22.1 Å². The summed E-state index contributed by atoms with van der Waals surface area (Å²) in [5, 5.41) is 9.97. The van der Waals surface area contributed by atoms with Gasteiger partial charge >= 0.3 is 5.97 Å². The molecule has 0 unspecified atom stereocenters. The smallest absolute Gasteiger partial charge is 0.341 e. The van der Waals surface area contributed by atoms with Crippen molar-refractivity contribution >= 4 is 34.2 Å². The number of carbonyl (C=O) groups is 1. The van der Waals surface area contributed by atoms with E-state index in [2.05, 4.69) is 0 Å². The van der Waals surface area contributed by atoms with Crippen molar-refractivity contribution in [1.29, 1.82) is 0 Å². The molecule has 154 valence electrons. The van der Waals surface area contributed by atoms with Crippen LogP contribution in [0.15, 0.2) is 27.7 Å². The van der Waals surface area contributed by atoms with Gasteiger partial charge in [0.15, 0.2) is 11.6 Å². The van der Waals surface area contributed by atoms with Crippen LogP contribution in [0.25, 0.3) is 10.9 Å². The SMILES string of the molecule is COc1c(N2CCC(=C(Cl)CN)C2)c(F)cc2c(=O)c(C(=O)O)cn(C3CC3)c12. The number of hydrogen-bond acceptors (Lipinski definition) is 5. The van der Waals surface area contributed by atoms with Gasteiger partial charge in [-0.3, -0.25) is 4.79 Å². The standard InChI is InChI=1S/C20H21ClFN3O4/c1-29-19-16-12(18(26)13(20(27)28)9-25(16)11-2-3-11)6-15(22)17(19)24-5-4-10(8-24)14(21)7-23/h6,9,11H,2-5,7-8,23H2,1H3,(H,27,28). The molecule has 0 radical (unpaired) electrons. The van der Waals surface area contributed by atoms with Gasteiger partial charge in [-0.25, -0.2) is 9.18 Å². The number of carboxylic acid groups (broad SMARTS) is 1. The number of rotatable bonds is 5. The molecule has 0 atom stereocenters. The third-order valence-corrected chi connectivity index (χ3v) is 5.94. The zero-order chi connectivity index (χ0) is 20.9. The normalized spacial score (nSPS) is 18.4. The molecule has 29 heavy (non-hydrogen) atoms. The van der Waals surface area contributed by atoms with Crippen LogP contribution >= 0.6 is 11.6 Å². The number of nitrogens with two attached hydrogens (primary N) is 1. The van der Waals surface area contributed by atoms with E-state index in [-0.39, 0.29) is 35.0 Å². The first-order valence-electron chi connectivity index (χ1n) is 9.37. The monoisotopic (exact) mass is 421 g/mol. The second kappa shape index (κ2) is 7.35. The lowest BCUT2D eigenvalue weighted by atomic mass is 10.1. The molecule has 1 saturated carbocycles. The third kappa shape index (κ3) is 3.26. The number of methoxy groups -OCH3 is 1. The van der Waals surface area contributed by atoms with Crippen LogP contribution in [0.3, 0.4) is 0 Å². The van der Waals surface area contributed by atoms with Crippen LogP contribution in [0, 0.1) is 5.82 Å². The summed E-state index contributed by atoms with van der Waals surface area (Å²) in [6.07, 6.45) is 3.71. The van der Waals surface area contributed by atoms with Crippen molar-refractivity contribution in [3.05, 3.63) is 44.5 Å². The Morgan fingerprint density at radius 1 is 1.45 bits per heavy atom. The summed E-state index contributed by atoms with van der Waals surface area (Å²) in [5.74, 6) is -1.74. The molecule has 0 spiro atoms. The van der Waals surface area contributed by atoms with Gasteiger partial charge in [0.2, 0.25) is 5.43 Å². The van der Waals surface area contributed by atoms with Crippen molar-refractivity contribution in [3.63, 3.8) is 0 Å². The van der Waals surface area contributed by atoms with E-state index in [1.165, 1.54) is 13.3 Å². The summed E-state index contributed by atoms with van der Waals surface area (Å²) in [7, 11) is 1.42. The minimum absolute atomic E-state index is 0.00449. The molecule has 0 bridgehead atoms. The fourth-order valence-electron chi connectivity index (χ4n) is 3.94. The van der Waals surface area contributed by atoms with E-state index >= 15 is 4.39 Å². The first kappa shape index (κ1) is 19.7. The summed E-state index contributed by atoms with van der Waals surface area (Å²) in [6.45, 7) is 1.17. The first-order chi connectivity index (χ1) is 13.9. The maximum atomic E-state index is 15.2. The lowest BCUT2D eigenvalue weighted by molar-refractivity contribution is 0.0695. The van der Waals surface area contributed by atoms with E-state index < -0.39 is 17.2 Å². The molecule has 4 rings (SSSR count). The second-order valence-electron chi connectivity index (χ2n) is 7.34. The topological polar surface area (TPSA) is 97.8 Å². The average Bonchev–Trinajstić information content (AvgIpc) is 3.43. The molecular weight excluding hydrogens is 401 g/mol. The van der Waals surface area contributed by atoms with Crippen LogP contribution < -0.4 is 20.8 Å². The van der Waals surface area contributed by atoms with E-state index in [0.29, 0.717) is 30.1 Å². The fraction of sp³-hybridized carbons (Fsp3) is 0.400. The highest BCUT2D eigenvalue weighted by Gasteiger charge is 2.32. The van der Waals surface area contributed by atoms with Crippen LogP contribution in [0.2, 0.25) is 0 Å². The number of ether oxygens (including phenoxy) is 1. The highest BCUT2D eigenvalue weighted by Crippen LogP contribution is 2.44. The molecule has 2 aromatic rings. The third-order valence-electron chi connectivity index (χ3n) is 5.52. The van der Waals surface area contributed by atoms with E-state index in [1.807, 2.05) is 4.90 Å². The molecule has 2 aliphatic rings. The van der Waals surface area contributed by atoms with Gasteiger partial charge in [0.25, 0.3) is 0 Å². The number of nitrogens with zero attached hydrogens (tertiary/aromatic N) is 2. The number of aromatic nitrogens is 1. The largest absolute Gasteiger partial charge is 0.492 e. The van der Waals surface area contributed by atoms with E-state index in [1.54, 1.807) is 4.57 Å². The summed E-state index contributed by atoms with van der Waals surface area (Å²) < 4.78 is 22.5. The van der Waals surface area contributed by atoms with E-state index in [9.17, 15) is 14.7 Å². The molecule has 1 aliphatic carbocycles. The van der Waals surface area contributed by atoms with Gasteiger partial charge in [-0.1, -0.05) is 11.6 Å². The van der Waals surface area contributed by atoms with Gasteiger partial charge in [-0.15, -0.1) is 0 Å². The second-order valence-corrected chi connectivity index (χ2v) is 7.79. The number of carboxylic acids is 1. The van der Waals surface area contributed by atoms with Gasteiger partial charge in [-0.05, 0) is 30.9 Å². The first-order valence-corrected chi connectivity index (χ1v) is 9.75. The number of benzene rings is 1. The van der Waals surface area contributed by atoms with Gasteiger partial charge < -0.3 is 25.0 Å². The number of fused-ring (bicyclic) bond motifs is 1. The van der Waals surface area contributed by atoms with Gasteiger partial charge in [0, 0.05) is 36.9 Å². The maximum Gasteiger partial charge on any atom is 0.341 e. The predicted molar refractivity (Wildman–Crippen MR) is 109 cm³/mol. The molecule has 2 fully saturated rings. The molecule has 1 aromatic carbocycles. The molecule has 9 heteroatoms. The van der Waals surface area contributed by atoms with E-state index in [0.717, 1.165) is 24.5 Å². The Hall–Kier alpha value is -2.58. The zero-order valence-corrected chi connectivity index (χ0v) is 16.6. The minimum atomic E-state index is -1.33. The molecule has 2 heterocycles. The van der Waals surface area contributed by atoms with Gasteiger partial charge in [-0.2, -0.15) is 0 Å². The Kier molecular flexibility index (Phi) is 5.00. The Morgan fingerprint density at radius 3 is 2.76 bits per heavy atom. The summed E-state index contributed by atoms with van der Waals surface area (Å²) in [5.41, 5.74) is 6.13. The minimum Gasteiger partial charge on any atom is -0.492 e. The van der Waals surface area contributed by atoms with Gasteiger partial charge in [0.1, 0.15) is 11.3 Å². The van der Waals surface area contributed by atoms with Crippen molar-refractivity contribution in [2.75, 3.05) is 31.6 Å². The van der Waals surface area contributed by atoms with Crippen LogP contribution in [0.1, 0.15) is 35.7 Å². The lowest BCUT2D eigenvalue weighted by Gasteiger charge is -2.24. The van der Waals surface area contributed by atoms with Crippen LogP contribution in [-0.2, 0) is 0 Å². The molecule has 1 aromatic heterocycles. The molecule has 3 N–H and O–H groups in total. The summed E-state index contributed by atoms with van der Waals surface area (Å²) in [4.78, 5) is 26.1. The number of halogens is 2. The van der Waals surface area contributed by atoms with Crippen molar-refractivity contribution < 1.29 is 19.0 Å². The highest BCUT2D eigenvalue weighted by atomic mass is 35.5. The maximum absolute atomic E-state index is 15.2. The zero-order valence-electron chi connectivity index (χ0n) is 15.9. The van der Waals surface area contributed by atoms with Crippen LogP contribution in [0.5, 0.6) is 5.75 Å². The number of pyridine rings is 1. The average molecular weight is 422 g/mol. The van der Waals surface area contributed by atoms with Crippen molar-refractivity contribution in [2.45, 2.75) is 25.3 Å². The fourth-order valence-corrected chi connectivity index (χ4v) is 4.09. The number of anilines is 1. The molecule has 1 saturated heterocycles. The van der Waals surface area contributed by atoms with Crippen LogP contribution in [0.4, 0.5) is 10.1 Å². The molecular formula is C20H21ClFN3O4. The quantitative estimate of drug-likeness (QED) is 0.770. The Balaban J connectivity index is 1.98. The summed E-state index contributed by atoms with van der Waals surface area (Å²) >= 11 is 6.18. The number of aromatic carboxylic acids is 1.